The van der Waals surface area contributed by atoms with Crippen molar-refractivity contribution in [3.8, 4) is 0 Å². The first-order valence-electron chi connectivity index (χ1n) is 5.02. The topological polar surface area (TPSA) is 107 Å². The van der Waals surface area contributed by atoms with Crippen molar-refractivity contribution in [1.82, 2.24) is 0 Å². The third kappa shape index (κ3) is 2.79. The van der Waals surface area contributed by atoms with E-state index in [4.69, 9.17) is 17.2 Å². The van der Waals surface area contributed by atoms with E-state index in [9.17, 15) is 4.79 Å². The minimum absolute atomic E-state index is 0.344. The highest BCUT2D eigenvalue weighted by Gasteiger charge is 2.24. The van der Waals surface area contributed by atoms with E-state index in [0.717, 1.165) is 5.69 Å². The normalized spacial score (nSPS) is 11.1. The molecule has 0 saturated heterocycles. The molecule has 0 unspecified atom stereocenters. The molecular weight excluding hydrogens is 204 g/mol. The molecule has 0 aromatic heterocycles. The lowest BCUT2D eigenvalue weighted by molar-refractivity contribution is -0.125. The summed E-state index contributed by atoms with van der Waals surface area (Å²) in [6.07, 6.45) is 0. The van der Waals surface area contributed by atoms with Crippen molar-refractivity contribution in [2.75, 3.05) is 23.3 Å². The highest BCUT2D eigenvalue weighted by atomic mass is 16.1. The van der Waals surface area contributed by atoms with E-state index in [-0.39, 0.29) is 5.91 Å². The maximum absolute atomic E-state index is 11.1. The third-order valence-electron chi connectivity index (χ3n) is 2.49. The average Bonchev–Trinajstić information content (AvgIpc) is 2.20. The molecule has 1 aromatic rings. The molecule has 0 radical (unpaired) electrons. The van der Waals surface area contributed by atoms with Gasteiger partial charge in [-0.1, -0.05) is 0 Å². The summed E-state index contributed by atoms with van der Waals surface area (Å²) in [5, 5.41) is 3.10. The lowest BCUT2D eigenvalue weighted by Crippen LogP contribution is -2.37. The molecule has 0 spiro atoms. The van der Waals surface area contributed by atoms with E-state index < -0.39 is 5.41 Å². The van der Waals surface area contributed by atoms with Gasteiger partial charge >= 0.3 is 0 Å². The molecule has 16 heavy (non-hydrogen) atoms. The summed E-state index contributed by atoms with van der Waals surface area (Å²) in [5.41, 5.74) is 17.8. The molecule has 0 fully saturated rings. The SMILES string of the molecule is CC(C)(CNc1ccc(N)c(N)c1)C(N)=O. The lowest BCUT2D eigenvalue weighted by atomic mass is 9.92. The summed E-state index contributed by atoms with van der Waals surface area (Å²) in [5.74, 6) is -0.344. The minimum atomic E-state index is -0.601. The number of rotatable bonds is 4. The Bertz CT molecular complexity index is 401. The summed E-state index contributed by atoms with van der Waals surface area (Å²) in [6.45, 7) is 4.01. The number of nitrogens with one attached hydrogen (secondary N) is 1. The Morgan fingerprint density at radius 2 is 1.94 bits per heavy atom. The quantitative estimate of drug-likeness (QED) is 0.564. The number of primary amides is 1. The summed E-state index contributed by atoms with van der Waals surface area (Å²) in [6, 6.07) is 5.25. The Hall–Kier alpha value is -1.91. The molecule has 0 atom stereocenters. The molecule has 0 aliphatic heterocycles. The Balaban J connectivity index is 2.68. The first kappa shape index (κ1) is 12.2. The molecule has 0 bridgehead atoms. The number of hydrogen-bond acceptors (Lipinski definition) is 4. The highest BCUT2D eigenvalue weighted by Crippen LogP contribution is 2.21. The Kier molecular flexibility index (Phi) is 3.27. The Morgan fingerprint density at radius 3 is 2.44 bits per heavy atom. The summed E-state index contributed by atoms with van der Waals surface area (Å²) in [4.78, 5) is 11.1. The largest absolute Gasteiger partial charge is 0.397 e. The van der Waals surface area contributed by atoms with Crippen molar-refractivity contribution in [1.29, 1.82) is 0 Å². The smallest absolute Gasteiger partial charge is 0.224 e. The molecule has 5 heteroatoms. The predicted octanol–water partition coefficient (Wildman–Crippen LogP) is 0.774. The highest BCUT2D eigenvalue weighted by molar-refractivity contribution is 5.80. The van der Waals surface area contributed by atoms with Crippen LogP contribution in [0.5, 0.6) is 0 Å². The van der Waals surface area contributed by atoms with E-state index in [2.05, 4.69) is 5.32 Å². The van der Waals surface area contributed by atoms with Crippen LogP contribution in [0.3, 0.4) is 0 Å². The van der Waals surface area contributed by atoms with Gasteiger partial charge in [0.1, 0.15) is 0 Å². The van der Waals surface area contributed by atoms with Crippen LogP contribution in [-0.2, 0) is 4.79 Å². The zero-order valence-corrected chi connectivity index (χ0v) is 9.58. The van der Waals surface area contributed by atoms with Gasteiger partial charge < -0.3 is 22.5 Å². The van der Waals surface area contributed by atoms with Crippen LogP contribution in [0, 0.1) is 5.41 Å². The summed E-state index contributed by atoms with van der Waals surface area (Å²) >= 11 is 0. The lowest BCUT2D eigenvalue weighted by Gasteiger charge is -2.21. The standard InChI is InChI=1S/C11H18N4O/c1-11(2,10(14)16)6-15-7-3-4-8(12)9(13)5-7/h3-5,15H,6,12-13H2,1-2H3,(H2,14,16). The van der Waals surface area contributed by atoms with Gasteiger partial charge in [0.05, 0.1) is 16.8 Å². The number of amides is 1. The van der Waals surface area contributed by atoms with Crippen LogP contribution in [0.4, 0.5) is 17.1 Å². The molecule has 5 nitrogen and oxygen atoms in total. The van der Waals surface area contributed by atoms with Gasteiger partial charge in [0.15, 0.2) is 0 Å². The minimum Gasteiger partial charge on any atom is -0.397 e. The fourth-order valence-electron chi connectivity index (χ4n) is 1.09. The zero-order chi connectivity index (χ0) is 12.3. The molecule has 0 aliphatic rings. The van der Waals surface area contributed by atoms with E-state index in [1.54, 1.807) is 26.0 Å². The second kappa shape index (κ2) is 4.30. The van der Waals surface area contributed by atoms with Gasteiger partial charge in [-0.3, -0.25) is 4.79 Å². The molecule has 88 valence electrons. The van der Waals surface area contributed by atoms with Crippen LogP contribution >= 0.6 is 0 Å². The van der Waals surface area contributed by atoms with Crippen molar-refractivity contribution in [2.45, 2.75) is 13.8 Å². The molecule has 1 amide bonds. The average molecular weight is 222 g/mol. The monoisotopic (exact) mass is 222 g/mol. The Morgan fingerprint density at radius 1 is 1.31 bits per heavy atom. The number of hydrogen-bond donors (Lipinski definition) is 4. The number of nitrogen functional groups attached to an aromatic ring is 2. The second-order valence-electron chi connectivity index (χ2n) is 4.45. The maximum Gasteiger partial charge on any atom is 0.224 e. The fourth-order valence-corrected chi connectivity index (χ4v) is 1.09. The number of benzene rings is 1. The second-order valence-corrected chi connectivity index (χ2v) is 4.45. The maximum atomic E-state index is 11.1. The van der Waals surface area contributed by atoms with Crippen molar-refractivity contribution in [2.24, 2.45) is 11.1 Å². The van der Waals surface area contributed by atoms with Crippen molar-refractivity contribution in [3.63, 3.8) is 0 Å². The number of carbonyl (C=O) groups is 1. The first-order valence-corrected chi connectivity index (χ1v) is 5.02. The summed E-state index contributed by atoms with van der Waals surface area (Å²) < 4.78 is 0. The van der Waals surface area contributed by atoms with Gasteiger partial charge in [0.2, 0.25) is 5.91 Å². The molecule has 7 N–H and O–H groups in total. The van der Waals surface area contributed by atoms with Gasteiger partial charge in [-0.25, -0.2) is 0 Å². The number of nitrogens with two attached hydrogens (primary N) is 3. The van der Waals surface area contributed by atoms with Crippen molar-refractivity contribution < 1.29 is 4.79 Å². The van der Waals surface area contributed by atoms with Crippen LogP contribution in [0.15, 0.2) is 18.2 Å². The van der Waals surface area contributed by atoms with E-state index in [0.29, 0.717) is 17.9 Å². The van der Waals surface area contributed by atoms with E-state index in [1.165, 1.54) is 0 Å². The number of anilines is 3. The van der Waals surface area contributed by atoms with Crippen LogP contribution in [0.2, 0.25) is 0 Å². The van der Waals surface area contributed by atoms with Gasteiger partial charge in [-0.2, -0.15) is 0 Å². The molecular formula is C11H18N4O. The van der Waals surface area contributed by atoms with E-state index in [1.807, 2.05) is 6.07 Å². The molecule has 1 aromatic carbocycles. The molecule has 0 heterocycles. The van der Waals surface area contributed by atoms with Crippen LogP contribution < -0.4 is 22.5 Å². The van der Waals surface area contributed by atoms with E-state index >= 15 is 0 Å². The molecule has 0 aliphatic carbocycles. The van der Waals surface area contributed by atoms with Crippen LogP contribution in [0.25, 0.3) is 0 Å². The fraction of sp³-hybridized carbons (Fsp3) is 0.364. The Labute approximate surface area is 95.0 Å². The third-order valence-corrected chi connectivity index (χ3v) is 2.49. The first-order chi connectivity index (χ1) is 7.33. The predicted molar refractivity (Wildman–Crippen MR) is 66.7 cm³/mol. The molecule has 0 saturated carbocycles. The van der Waals surface area contributed by atoms with Crippen LogP contribution in [0.1, 0.15) is 13.8 Å². The van der Waals surface area contributed by atoms with Gasteiger partial charge in [0, 0.05) is 12.2 Å². The summed E-state index contributed by atoms with van der Waals surface area (Å²) in [7, 11) is 0. The number of carbonyl (C=O) groups excluding carboxylic acids is 1. The van der Waals surface area contributed by atoms with Gasteiger partial charge in [-0.05, 0) is 32.0 Å². The van der Waals surface area contributed by atoms with Crippen molar-refractivity contribution in [3.05, 3.63) is 18.2 Å². The van der Waals surface area contributed by atoms with Crippen LogP contribution in [-0.4, -0.2) is 12.5 Å². The van der Waals surface area contributed by atoms with Gasteiger partial charge in [0.25, 0.3) is 0 Å². The van der Waals surface area contributed by atoms with Crippen molar-refractivity contribution >= 4 is 23.0 Å². The van der Waals surface area contributed by atoms with Gasteiger partial charge in [-0.15, -0.1) is 0 Å². The molecule has 1 rings (SSSR count). The zero-order valence-electron chi connectivity index (χ0n) is 9.58.